The van der Waals surface area contributed by atoms with Crippen molar-refractivity contribution in [3.05, 3.63) is 66.0 Å². The predicted octanol–water partition coefficient (Wildman–Crippen LogP) is 3.08. The van der Waals surface area contributed by atoms with Gasteiger partial charge in [0.15, 0.2) is 0 Å². The van der Waals surface area contributed by atoms with Crippen molar-refractivity contribution in [1.29, 1.82) is 0 Å². The van der Waals surface area contributed by atoms with Gasteiger partial charge in [-0.25, -0.2) is 4.39 Å². The Kier molecular flexibility index (Phi) is 6.94. The van der Waals surface area contributed by atoms with Gasteiger partial charge in [-0.15, -0.1) is 0 Å². The summed E-state index contributed by atoms with van der Waals surface area (Å²) in [5.74, 6) is -0.508. The number of morpholine rings is 1. The number of hydrogen-bond donors (Lipinski definition) is 1. The summed E-state index contributed by atoms with van der Waals surface area (Å²) >= 11 is 0. The molecule has 0 radical (unpaired) electrons. The molecule has 2 aliphatic heterocycles. The number of hydrogen-bond acceptors (Lipinski definition) is 4. The Balaban J connectivity index is 1.52. The molecule has 31 heavy (non-hydrogen) atoms. The van der Waals surface area contributed by atoms with E-state index in [1.165, 1.54) is 12.1 Å². The second-order valence-electron chi connectivity index (χ2n) is 8.08. The van der Waals surface area contributed by atoms with Gasteiger partial charge < -0.3 is 15.0 Å². The molecule has 2 amide bonds. The molecule has 7 heteroatoms. The zero-order chi connectivity index (χ0) is 21.6. The van der Waals surface area contributed by atoms with E-state index in [1.807, 2.05) is 35.2 Å². The first-order valence-corrected chi connectivity index (χ1v) is 10.8. The summed E-state index contributed by atoms with van der Waals surface area (Å²) in [6, 6.07) is 14.8. The topological polar surface area (TPSA) is 61.9 Å². The third-order valence-electron chi connectivity index (χ3n) is 5.97. The molecule has 2 aromatic carbocycles. The van der Waals surface area contributed by atoms with E-state index >= 15 is 0 Å². The van der Waals surface area contributed by atoms with Crippen LogP contribution in [-0.2, 0) is 14.3 Å². The molecule has 2 fully saturated rings. The third kappa shape index (κ3) is 5.29. The predicted molar refractivity (Wildman–Crippen MR) is 116 cm³/mol. The highest BCUT2D eigenvalue weighted by Crippen LogP contribution is 2.29. The van der Waals surface area contributed by atoms with Crippen LogP contribution in [0.15, 0.2) is 54.6 Å². The normalized spacial score (nSPS) is 20.8. The molecule has 0 saturated carbocycles. The highest BCUT2D eigenvalue weighted by Gasteiger charge is 2.36. The molecule has 0 bridgehead atoms. The number of ether oxygens (including phenoxy) is 1. The van der Waals surface area contributed by atoms with Crippen LogP contribution in [0.2, 0.25) is 0 Å². The highest BCUT2D eigenvalue weighted by molar-refractivity contribution is 5.95. The fourth-order valence-corrected chi connectivity index (χ4v) is 4.39. The first kappa shape index (κ1) is 21.5. The fourth-order valence-electron chi connectivity index (χ4n) is 4.39. The van der Waals surface area contributed by atoms with Gasteiger partial charge in [0.1, 0.15) is 11.9 Å². The van der Waals surface area contributed by atoms with E-state index in [9.17, 15) is 14.0 Å². The lowest BCUT2D eigenvalue weighted by Gasteiger charge is -2.39. The molecule has 1 N–H and O–H groups in total. The Bertz CT molecular complexity index is 885. The number of carbonyl (C=O) groups is 2. The van der Waals surface area contributed by atoms with Crippen molar-refractivity contribution in [2.75, 3.05) is 44.7 Å². The van der Waals surface area contributed by atoms with Crippen LogP contribution < -0.4 is 5.32 Å². The lowest BCUT2D eigenvalue weighted by molar-refractivity contribution is -0.142. The largest absolute Gasteiger partial charge is 0.378 e. The van der Waals surface area contributed by atoms with Crippen molar-refractivity contribution in [2.24, 2.45) is 5.92 Å². The number of nitrogens with one attached hydrogen (secondary N) is 1. The van der Waals surface area contributed by atoms with Crippen LogP contribution >= 0.6 is 0 Å². The van der Waals surface area contributed by atoms with E-state index in [1.54, 1.807) is 12.1 Å². The van der Waals surface area contributed by atoms with Crippen molar-refractivity contribution in [3.63, 3.8) is 0 Å². The first-order chi connectivity index (χ1) is 15.1. The van der Waals surface area contributed by atoms with Crippen LogP contribution in [0.25, 0.3) is 0 Å². The van der Waals surface area contributed by atoms with E-state index in [4.69, 9.17) is 4.74 Å². The van der Waals surface area contributed by atoms with Gasteiger partial charge in [-0.3, -0.25) is 14.5 Å². The van der Waals surface area contributed by atoms with Gasteiger partial charge in [0.05, 0.1) is 19.1 Å². The average Bonchev–Trinajstić information content (AvgIpc) is 2.82. The third-order valence-corrected chi connectivity index (χ3v) is 5.97. The minimum absolute atomic E-state index is 0.128. The molecule has 2 unspecified atom stereocenters. The van der Waals surface area contributed by atoms with Gasteiger partial charge in [0.25, 0.3) is 0 Å². The van der Waals surface area contributed by atoms with Gasteiger partial charge in [-0.05, 0) is 49.2 Å². The Morgan fingerprint density at radius 2 is 1.71 bits per heavy atom. The van der Waals surface area contributed by atoms with Crippen LogP contribution in [-0.4, -0.2) is 61.0 Å². The van der Waals surface area contributed by atoms with Crippen molar-refractivity contribution in [3.8, 4) is 0 Å². The molecule has 2 aliphatic rings. The molecule has 164 valence electrons. The van der Waals surface area contributed by atoms with Crippen LogP contribution in [0.4, 0.5) is 10.1 Å². The Labute approximate surface area is 182 Å². The van der Waals surface area contributed by atoms with Gasteiger partial charge in [-0.2, -0.15) is 0 Å². The smallest absolute Gasteiger partial charge is 0.246 e. The summed E-state index contributed by atoms with van der Waals surface area (Å²) in [6.45, 7) is 3.69. The van der Waals surface area contributed by atoms with Gasteiger partial charge in [0.2, 0.25) is 11.8 Å². The molecule has 2 atom stereocenters. The molecule has 2 saturated heterocycles. The lowest BCUT2D eigenvalue weighted by Crippen LogP contribution is -2.50. The first-order valence-electron chi connectivity index (χ1n) is 10.8. The number of benzene rings is 2. The maximum Gasteiger partial charge on any atom is 0.246 e. The van der Waals surface area contributed by atoms with E-state index in [2.05, 4.69) is 10.2 Å². The highest BCUT2D eigenvalue weighted by atomic mass is 19.1. The molecule has 6 nitrogen and oxygen atoms in total. The summed E-state index contributed by atoms with van der Waals surface area (Å²) < 4.78 is 18.6. The summed E-state index contributed by atoms with van der Waals surface area (Å²) in [5.41, 5.74) is 1.42. The minimum atomic E-state index is -0.522. The number of halogens is 1. The van der Waals surface area contributed by atoms with E-state index in [0.29, 0.717) is 38.5 Å². The van der Waals surface area contributed by atoms with Crippen molar-refractivity contribution >= 4 is 17.5 Å². The Morgan fingerprint density at radius 3 is 2.42 bits per heavy atom. The lowest BCUT2D eigenvalue weighted by atomic mass is 9.93. The van der Waals surface area contributed by atoms with Gasteiger partial charge >= 0.3 is 0 Å². The maximum absolute atomic E-state index is 13.3. The number of likely N-dealkylation sites (tertiary alicyclic amines) is 1. The maximum atomic E-state index is 13.3. The summed E-state index contributed by atoms with van der Waals surface area (Å²) in [4.78, 5) is 30.4. The van der Waals surface area contributed by atoms with Crippen molar-refractivity contribution in [1.82, 2.24) is 9.80 Å². The zero-order valence-corrected chi connectivity index (χ0v) is 17.5. The SMILES string of the molecule is O=C(Nc1ccc(F)cc1)C(c1ccccc1)N1CCCC(C(=O)N2CCOCC2)C1. The number of anilines is 1. The molecular weight excluding hydrogens is 397 g/mol. The second kappa shape index (κ2) is 10.0. The Hall–Kier alpha value is -2.77. The summed E-state index contributed by atoms with van der Waals surface area (Å²) in [6.07, 6.45) is 1.68. The summed E-state index contributed by atoms with van der Waals surface area (Å²) in [5, 5.41) is 2.91. The molecule has 0 spiro atoms. The Morgan fingerprint density at radius 1 is 1.00 bits per heavy atom. The number of piperidine rings is 1. The van der Waals surface area contributed by atoms with Crippen LogP contribution in [0.1, 0.15) is 24.4 Å². The molecule has 4 rings (SSSR count). The molecular formula is C24H28FN3O3. The second-order valence-corrected chi connectivity index (χ2v) is 8.08. The minimum Gasteiger partial charge on any atom is -0.378 e. The quantitative estimate of drug-likeness (QED) is 0.800. The van der Waals surface area contributed by atoms with Crippen LogP contribution in [0.3, 0.4) is 0 Å². The summed E-state index contributed by atoms with van der Waals surface area (Å²) in [7, 11) is 0. The monoisotopic (exact) mass is 425 g/mol. The zero-order valence-electron chi connectivity index (χ0n) is 17.5. The average molecular weight is 426 g/mol. The number of amides is 2. The van der Waals surface area contributed by atoms with E-state index in [0.717, 1.165) is 24.9 Å². The van der Waals surface area contributed by atoms with E-state index < -0.39 is 6.04 Å². The van der Waals surface area contributed by atoms with Gasteiger partial charge in [-0.1, -0.05) is 30.3 Å². The number of carbonyl (C=O) groups excluding carboxylic acids is 2. The fraction of sp³-hybridized carbons (Fsp3) is 0.417. The van der Waals surface area contributed by atoms with Gasteiger partial charge in [0, 0.05) is 25.3 Å². The standard InChI is InChI=1S/C24H28FN3O3/c25-20-8-10-21(11-9-20)26-23(29)22(18-5-2-1-3-6-18)28-12-4-7-19(17-28)24(30)27-13-15-31-16-14-27/h1-3,5-6,8-11,19,22H,4,7,12-17H2,(H,26,29). The van der Waals surface area contributed by atoms with Crippen molar-refractivity contribution in [2.45, 2.75) is 18.9 Å². The molecule has 0 aromatic heterocycles. The van der Waals surface area contributed by atoms with Crippen LogP contribution in [0.5, 0.6) is 0 Å². The molecule has 2 heterocycles. The van der Waals surface area contributed by atoms with Crippen LogP contribution in [0, 0.1) is 11.7 Å². The van der Waals surface area contributed by atoms with E-state index in [-0.39, 0.29) is 23.5 Å². The molecule has 2 aromatic rings. The number of rotatable bonds is 5. The van der Waals surface area contributed by atoms with Crippen molar-refractivity contribution < 1.29 is 18.7 Å². The molecule has 0 aliphatic carbocycles. The number of nitrogens with zero attached hydrogens (tertiary/aromatic N) is 2.